The topological polar surface area (TPSA) is 63.2 Å². The highest BCUT2D eigenvalue weighted by atomic mass is 35.5. The molecular formula is C19H23Cl2N5OS. The summed E-state index contributed by atoms with van der Waals surface area (Å²) in [7, 11) is 1.73. The maximum absolute atomic E-state index is 5.57. The molecule has 3 heterocycles. The fraction of sp³-hybridized carbons (Fsp3) is 0.316. The zero-order chi connectivity index (χ0) is 17.8. The van der Waals surface area contributed by atoms with E-state index in [9.17, 15) is 0 Å². The minimum atomic E-state index is 0. The van der Waals surface area contributed by atoms with Gasteiger partial charge in [0.1, 0.15) is 5.75 Å². The van der Waals surface area contributed by atoms with Crippen LogP contribution < -0.4 is 10.1 Å². The first-order valence-electron chi connectivity index (χ1n) is 8.64. The second-order valence-corrected chi connectivity index (χ2v) is 7.01. The van der Waals surface area contributed by atoms with Crippen LogP contribution in [-0.4, -0.2) is 46.6 Å². The lowest BCUT2D eigenvalue weighted by atomic mass is 10.0. The summed E-state index contributed by atoms with van der Waals surface area (Å²) in [5.74, 6) is 1.62. The number of methoxy groups -OCH3 is 1. The fourth-order valence-electron chi connectivity index (χ4n) is 3.28. The van der Waals surface area contributed by atoms with Gasteiger partial charge in [0, 0.05) is 49.5 Å². The van der Waals surface area contributed by atoms with E-state index in [1.54, 1.807) is 30.8 Å². The molecule has 0 amide bonds. The Labute approximate surface area is 181 Å². The van der Waals surface area contributed by atoms with Crippen LogP contribution in [0.5, 0.6) is 5.75 Å². The second-order valence-electron chi connectivity index (χ2n) is 6.15. The Morgan fingerprint density at radius 1 is 1.18 bits per heavy atom. The number of hydrogen-bond donors (Lipinski definition) is 1. The lowest BCUT2D eigenvalue weighted by Gasteiger charge is -2.36. The number of piperazine rings is 1. The summed E-state index contributed by atoms with van der Waals surface area (Å²) >= 11 is 1.59. The maximum atomic E-state index is 5.57. The van der Waals surface area contributed by atoms with Crippen molar-refractivity contribution >= 4 is 36.2 Å². The SMILES string of the molecule is COc1ccccc1C1CNCCN1Cc1csc(-c2ncccn2)n1.Cl.Cl. The van der Waals surface area contributed by atoms with Crippen molar-refractivity contribution in [1.82, 2.24) is 25.2 Å². The molecule has 2 aromatic heterocycles. The highest BCUT2D eigenvalue weighted by Gasteiger charge is 2.26. The maximum Gasteiger partial charge on any atom is 0.188 e. The summed E-state index contributed by atoms with van der Waals surface area (Å²) < 4.78 is 5.57. The van der Waals surface area contributed by atoms with E-state index in [2.05, 4.69) is 37.7 Å². The number of halogens is 2. The number of thiazole rings is 1. The van der Waals surface area contributed by atoms with Gasteiger partial charge in [0.05, 0.1) is 18.8 Å². The molecule has 150 valence electrons. The third-order valence-corrected chi connectivity index (χ3v) is 5.41. The first kappa shape index (κ1) is 22.5. The summed E-state index contributed by atoms with van der Waals surface area (Å²) in [6, 6.07) is 10.3. The van der Waals surface area contributed by atoms with Crippen LogP contribution in [0, 0.1) is 0 Å². The smallest absolute Gasteiger partial charge is 0.188 e. The van der Waals surface area contributed by atoms with Gasteiger partial charge in [-0.15, -0.1) is 36.2 Å². The van der Waals surface area contributed by atoms with Crippen LogP contribution >= 0.6 is 36.2 Å². The molecule has 1 N–H and O–H groups in total. The lowest BCUT2D eigenvalue weighted by molar-refractivity contribution is 0.149. The first-order chi connectivity index (χ1) is 12.8. The molecule has 28 heavy (non-hydrogen) atoms. The van der Waals surface area contributed by atoms with Gasteiger partial charge in [0.2, 0.25) is 0 Å². The quantitative estimate of drug-likeness (QED) is 0.654. The van der Waals surface area contributed by atoms with Crippen LogP contribution in [-0.2, 0) is 6.54 Å². The molecule has 0 bridgehead atoms. The van der Waals surface area contributed by atoms with E-state index in [1.165, 1.54) is 5.56 Å². The van der Waals surface area contributed by atoms with Crippen molar-refractivity contribution in [2.24, 2.45) is 0 Å². The zero-order valence-corrected chi connectivity index (χ0v) is 17.9. The van der Waals surface area contributed by atoms with Crippen LogP contribution in [0.3, 0.4) is 0 Å². The van der Waals surface area contributed by atoms with Crippen LogP contribution in [0.25, 0.3) is 10.8 Å². The van der Waals surface area contributed by atoms with Gasteiger partial charge in [0.15, 0.2) is 10.8 Å². The zero-order valence-electron chi connectivity index (χ0n) is 15.4. The van der Waals surface area contributed by atoms with Crippen molar-refractivity contribution in [1.29, 1.82) is 0 Å². The van der Waals surface area contributed by atoms with Crippen molar-refractivity contribution in [3.63, 3.8) is 0 Å². The molecule has 1 aliphatic rings. The van der Waals surface area contributed by atoms with E-state index < -0.39 is 0 Å². The van der Waals surface area contributed by atoms with Crippen molar-refractivity contribution in [2.75, 3.05) is 26.7 Å². The van der Waals surface area contributed by atoms with Gasteiger partial charge in [-0.2, -0.15) is 0 Å². The Bertz CT molecular complexity index is 864. The van der Waals surface area contributed by atoms with Crippen molar-refractivity contribution in [3.05, 3.63) is 59.4 Å². The molecule has 3 aromatic rings. The average Bonchev–Trinajstić information content (AvgIpc) is 3.18. The Hall–Kier alpha value is -1.77. The van der Waals surface area contributed by atoms with E-state index in [1.807, 2.05) is 18.2 Å². The summed E-state index contributed by atoms with van der Waals surface area (Å²) in [4.78, 5) is 15.8. The van der Waals surface area contributed by atoms with E-state index in [0.717, 1.165) is 42.6 Å². The Kier molecular flexibility index (Phi) is 8.59. The van der Waals surface area contributed by atoms with Gasteiger partial charge >= 0.3 is 0 Å². The summed E-state index contributed by atoms with van der Waals surface area (Å²) in [6.45, 7) is 3.65. The molecule has 1 unspecified atom stereocenters. The summed E-state index contributed by atoms with van der Waals surface area (Å²) in [5.41, 5.74) is 2.27. The molecule has 0 aliphatic carbocycles. The first-order valence-corrected chi connectivity index (χ1v) is 9.52. The number of benzene rings is 1. The van der Waals surface area contributed by atoms with E-state index >= 15 is 0 Å². The number of hydrogen-bond acceptors (Lipinski definition) is 7. The minimum Gasteiger partial charge on any atom is -0.496 e. The van der Waals surface area contributed by atoms with Crippen molar-refractivity contribution in [2.45, 2.75) is 12.6 Å². The Balaban J connectivity index is 0.00000140. The van der Waals surface area contributed by atoms with Gasteiger partial charge < -0.3 is 10.1 Å². The summed E-state index contributed by atoms with van der Waals surface area (Å²) in [5, 5.41) is 6.47. The largest absolute Gasteiger partial charge is 0.496 e. The normalized spacial score (nSPS) is 16.7. The predicted octanol–water partition coefficient (Wildman–Crippen LogP) is 3.60. The molecule has 1 aliphatic heterocycles. The van der Waals surface area contributed by atoms with Crippen LogP contribution in [0.4, 0.5) is 0 Å². The predicted molar refractivity (Wildman–Crippen MR) is 117 cm³/mol. The van der Waals surface area contributed by atoms with E-state index in [4.69, 9.17) is 9.72 Å². The number of ether oxygens (including phenoxy) is 1. The van der Waals surface area contributed by atoms with Crippen LogP contribution in [0.2, 0.25) is 0 Å². The van der Waals surface area contributed by atoms with Crippen LogP contribution in [0.15, 0.2) is 48.1 Å². The molecule has 0 radical (unpaired) electrons. The molecule has 4 rings (SSSR count). The Morgan fingerprint density at radius 3 is 2.75 bits per heavy atom. The third kappa shape index (κ3) is 4.98. The van der Waals surface area contributed by atoms with Gasteiger partial charge in [0.25, 0.3) is 0 Å². The standard InChI is InChI=1S/C19H21N5OS.2ClH/c1-25-17-6-3-2-5-15(17)16-11-20-9-10-24(16)12-14-13-26-19(23-14)18-21-7-4-8-22-18;;/h2-8,13,16,20H,9-12H2,1H3;2*1H. The fourth-order valence-corrected chi connectivity index (χ4v) is 4.04. The Morgan fingerprint density at radius 2 is 1.96 bits per heavy atom. The third-order valence-electron chi connectivity index (χ3n) is 4.53. The van der Waals surface area contributed by atoms with Gasteiger partial charge in [-0.1, -0.05) is 18.2 Å². The molecule has 1 fully saturated rings. The number of nitrogens with one attached hydrogen (secondary N) is 1. The number of rotatable bonds is 5. The number of aromatic nitrogens is 3. The second kappa shape index (κ2) is 10.7. The molecule has 0 spiro atoms. The summed E-state index contributed by atoms with van der Waals surface area (Å²) in [6.07, 6.45) is 3.49. The minimum absolute atomic E-state index is 0. The molecule has 0 saturated carbocycles. The molecule has 1 atom stereocenters. The highest BCUT2D eigenvalue weighted by molar-refractivity contribution is 7.13. The molecule has 1 saturated heterocycles. The van der Waals surface area contributed by atoms with Crippen molar-refractivity contribution < 1.29 is 4.74 Å². The highest BCUT2D eigenvalue weighted by Crippen LogP contribution is 2.31. The monoisotopic (exact) mass is 439 g/mol. The molecule has 6 nitrogen and oxygen atoms in total. The van der Waals surface area contributed by atoms with E-state index in [0.29, 0.717) is 5.82 Å². The van der Waals surface area contributed by atoms with Gasteiger partial charge in [-0.05, 0) is 12.1 Å². The molecular weight excluding hydrogens is 417 g/mol. The van der Waals surface area contributed by atoms with E-state index in [-0.39, 0.29) is 30.9 Å². The van der Waals surface area contributed by atoms with Crippen LogP contribution in [0.1, 0.15) is 17.3 Å². The lowest BCUT2D eigenvalue weighted by Crippen LogP contribution is -2.45. The van der Waals surface area contributed by atoms with Crippen molar-refractivity contribution in [3.8, 4) is 16.6 Å². The number of para-hydroxylation sites is 1. The molecule has 9 heteroatoms. The van der Waals surface area contributed by atoms with Gasteiger partial charge in [-0.3, -0.25) is 4.90 Å². The average molecular weight is 440 g/mol. The number of nitrogens with zero attached hydrogens (tertiary/aromatic N) is 4. The van der Waals surface area contributed by atoms with Gasteiger partial charge in [-0.25, -0.2) is 15.0 Å². The molecule has 1 aromatic carbocycles.